The van der Waals surface area contributed by atoms with Gasteiger partial charge in [-0.1, -0.05) is 30.0 Å². The standard InChI is InChI=1S/C20H21N3OS2/c1-3-23(14-8-5-4-6-9-14)20(24)13(2)25-18-17-15-10-7-11-16(15)26-19(17)22-12-21-18/h4-6,8-9,12-13H,3,7,10-11H2,1-2H3/t13-/m0/s1. The summed E-state index contributed by atoms with van der Waals surface area (Å²) in [4.78, 5) is 26.4. The minimum Gasteiger partial charge on any atom is -0.312 e. The summed E-state index contributed by atoms with van der Waals surface area (Å²) in [6.07, 6.45) is 5.08. The molecule has 134 valence electrons. The quantitative estimate of drug-likeness (QED) is 0.473. The Kier molecular flexibility index (Phi) is 4.96. The number of thioether (sulfide) groups is 1. The third-order valence-corrected chi connectivity index (χ3v) is 7.04. The number of thiophene rings is 1. The SMILES string of the molecule is CCN(C(=O)[C@H](C)Sc1ncnc2sc3c(c12)CCC3)c1ccccc1. The number of hydrogen-bond donors (Lipinski definition) is 0. The highest BCUT2D eigenvalue weighted by atomic mass is 32.2. The molecule has 1 aromatic carbocycles. The van der Waals surface area contributed by atoms with Crippen LogP contribution in [0.1, 0.15) is 30.7 Å². The van der Waals surface area contributed by atoms with E-state index in [1.54, 1.807) is 29.4 Å². The molecule has 0 saturated heterocycles. The van der Waals surface area contributed by atoms with Crippen molar-refractivity contribution in [1.82, 2.24) is 9.97 Å². The first-order valence-electron chi connectivity index (χ1n) is 8.97. The lowest BCUT2D eigenvalue weighted by atomic mass is 10.2. The summed E-state index contributed by atoms with van der Waals surface area (Å²) in [5.41, 5.74) is 2.35. The summed E-state index contributed by atoms with van der Waals surface area (Å²) in [7, 11) is 0. The van der Waals surface area contributed by atoms with E-state index >= 15 is 0 Å². The molecule has 3 aromatic rings. The molecule has 1 atom stereocenters. The highest BCUT2D eigenvalue weighted by molar-refractivity contribution is 8.00. The van der Waals surface area contributed by atoms with E-state index in [2.05, 4.69) is 9.97 Å². The Hall–Kier alpha value is -1.92. The van der Waals surface area contributed by atoms with Gasteiger partial charge in [0.2, 0.25) is 5.91 Å². The first-order chi connectivity index (χ1) is 12.7. The van der Waals surface area contributed by atoms with Crippen molar-refractivity contribution < 1.29 is 4.79 Å². The van der Waals surface area contributed by atoms with Gasteiger partial charge in [0, 0.05) is 22.5 Å². The first-order valence-corrected chi connectivity index (χ1v) is 10.7. The van der Waals surface area contributed by atoms with Crippen LogP contribution in [0.5, 0.6) is 0 Å². The number of anilines is 1. The fourth-order valence-electron chi connectivity index (χ4n) is 3.50. The van der Waals surface area contributed by atoms with Crippen molar-refractivity contribution in [3.05, 3.63) is 47.1 Å². The van der Waals surface area contributed by atoms with Gasteiger partial charge in [-0.2, -0.15) is 0 Å². The predicted molar refractivity (Wildman–Crippen MR) is 109 cm³/mol. The van der Waals surface area contributed by atoms with Gasteiger partial charge in [-0.3, -0.25) is 4.79 Å². The second-order valence-electron chi connectivity index (χ2n) is 6.39. The van der Waals surface area contributed by atoms with Gasteiger partial charge in [0.1, 0.15) is 16.2 Å². The Bertz CT molecular complexity index is 939. The number of carbonyl (C=O) groups excluding carboxylic acids is 1. The normalized spacial score (nSPS) is 14.4. The third-order valence-electron chi connectivity index (χ3n) is 4.75. The van der Waals surface area contributed by atoms with E-state index in [-0.39, 0.29) is 11.2 Å². The van der Waals surface area contributed by atoms with Crippen molar-refractivity contribution in [1.29, 1.82) is 0 Å². The summed E-state index contributed by atoms with van der Waals surface area (Å²) in [5, 5.41) is 1.92. The number of aromatic nitrogens is 2. The van der Waals surface area contributed by atoms with Crippen LogP contribution in [0.2, 0.25) is 0 Å². The van der Waals surface area contributed by atoms with Crippen LogP contribution >= 0.6 is 23.1 Å². The lowest BCUT2D eigenvalue weighted by Gasteiger charge is -2.24. The first kappa shape index (κ1) is 17.5. The number of aryl methyl sites for hydroxylation is 2. The molecule has 4 nitrogen and oxygen atoms in total. The molecule has 0 saturated carbocycles. The number of fused-ring (bicyclic) bond motifs is 3. The van der Waals surface area contributed by atoms with Crippen LogP contribution < -0.4 is 4.90 Å². The van der Waals surface area contributed by atoms with E-state index in [1.807, 2.05) is 49.1 Å². The maximum atomic E-state index is 13.1. The number of hydrogen-bond acceptors (Lipinski definition) is 5. The fraction of sp³-hybridized carbons (Fsp3) is 0.350. The molecule has 26 heavy (non-hydrogen) atoms. The van der Waals surface area contributed by atoms with Crippen LogP contribution in [0.3, 0.4) is 0 Å². The molecule has 2 heterocycles. The number of benzene rings is 1. The zero-order valence-electron chi connectivity index (χ0n) is 14.9. The minimum atomic E-state index is -0.204. The second-order valence-corrected chi connectivity index (χ2v) is 8.81. The summed E-state index contributed by atoms with van der Waals surface area (Å²) in [5.74, 6) is 0.113. The molecule has 0 fully saturated rings. The Morgan fingerprint density at radius 3 is 2.85 bits per heavy atom. The number of amides is 1. The topological polar surface area (TPSA) is 46.1 Å². The van der Waals surface area contributed by atoms with Crippen LogP contribution in [0, 0.1) is 0 Å². The molecule has 1 amide bonds. The monoisotopic (exact) mass is 383 g/mol. The van der Waals surface area contributed by atoms with Crippen molar-refractivity contribution in [3.8, 4) is 0 Å². The predicted octanol–water partition coefficient (Wildman–Crippen LogP) is 4.71. The van der Waals surface area contributed by atoms with Gasteiger partial charge in [0.05, 0.1) is 5.25 Å². The van der Waals surface area contributed by atoms with Crippen LogP contribution in [-0.2, 0) is 17.6 Å². The molecule has 0 radical (unpaired) electrons. The van der Waals surface area contributed by atoms with Crippen molar-refractivity contribution in [3.63, 3.8) is 0 Å². The highest BCUT2D eigenvalue weighted by Gasteiger charge is 2.26. The largest absolute Gasteiger partial charge is 0.312 e. The van der Waals surface area contributed by atoms with Crippen LogP contribution in [-0.4, -0.2) is 27.7 Å². The zero-order chi connectivity index (χ0) is 18.1. The molecule has 2 aromatic heterocycles. The van der Waals surface area contributed by atoms with Crippen molar-refractivity contribution >= 4 is 44.9 Å². The van der Waals surface area contributed by atoms with Gasteiger partial charge < -0.3 is 4.90 Å². The van der Waals surface area contributed by atoms with Gasteiger partial charge in [-0.05, 0) is 50.8 Å². The minimum absolute atomic E-state index is 0.113. The van der Waals surface area contributed by atoms with Crippen LogP contribution in [0.4, 0.5) is 5.69 Å². The smallest absolute Gasteiger partial charge is 0.240 e. The van der Waals surface area contributed by atoms with Crippen molar-refractivity contribution in [2.24, 2.45) is 0 Å². The molecule has 0 unspecified atom stereocenters. The molecule has 1 aliphatic carbocycles. The molecule has 0 bridgehead atoms. The average Bonchev–Trinajstić information content (AvgIpc) is 3.24. The molecule has 0 aliphatic heterocycles. The molecular weight excluding hydrogens is 362 g/mol. The van der Waals surface area contributed by atoms with E-state index < -0.39 is 0 Å². The second kappa shape index (κ2) is 7.37. The molecular formula is C20H21N3OS2. The number of para-hydroxylation sites is 1. The average molecular weight is 384 g/mol. The van der Waals surface area contributed by atoms with Crippen LogP contribution in [0.15, 0.2) is 41.7 Å². The van der Waals surface area contributed by atoms with E-state index in [0.717, 1.165) is 28.4 Å². The molecule has 0 spiro atoms. The molecule has 6 heteroatoms. The number of rotatable bonds is 5. The summed E-state index contributed by atoms with van der Waals surface area (Å²) < 4.78 is 0. The zero-order valence-corrected chi connectivity index (χ0v) is 16.6. The van der Waals surface area contributed by atoms with Gasteiger partial charge in [0.15, 0.2) is 0 Å². The van der Waals surface area contributed by atoms with Crippen molar-refractivity contribution in [2.75, 3.05) is 11.4 Å². The van der Waals surface area contributed by atoms with E-state index in [9.17, 15) is 4.79 Å². The lowest BCUT2D eigenvalue weighted by Crippen LogP contribution is -2.36. The Morgan fingerprint density at radius 2 is 2.08 bits per heavy atom. The maximum Gasteiger partial charge on any atom is 0.240 e. The maximum absolute atomic E-state index is 13.1. The summed E-state index contributed by atoms with van der Waals surface area (Å²) in [6.45, 7) is 4.64. The molecule has 1 aliphatic rings. The summed E-state index contributed by atoms with van der Waals surface area (Å²) >= 11 is 3.34. The third kappa shape index (κ3) is 3.12. The van der Waals surface area contributed by atoms with Gasteiger partial charge in [0.25, 0.3) is 0 Å². The lowest BCUT2D eigenvalue weighted by molar-refractivity contribution is -0.117. The number of nitrogens with zero attached hydrogens (tertiary/aromatic N) is 3. The highest BCUT2D eigenvalue weighted by Crippen LogP contribution is 2.41. The summed E-state index contributed by atoms with van der Waals surface area (Å²) in [6, 6.07) is 9.85. The Morgan fingerprint density at radius 1 is 1.27 bits per heavy atom. The van der Waals surface area contributed by atoms with E-state index in [0.29, 0.717) is 6.54 Å². The molecule has 4 rings (SSSR count). The Labute approximate surface area is 161 Å². The number of carbonyl (C=O) groups is 1. The van der Waals surface area contributed by atoms with Gasteiger partial charge >= 0.3 is 0 Å². The fourth-order valence-corrected chi connectivity index (χ4v) is 5.80. The van der Waals surface area contributed by atoms with Crippen LogP contribution in [0.25, 0.3) is 10.2 Å². The van der Waals surface area contributed by atoms with Crippen molar-refractivity contribution in [2.45, 2.75) is 43.4 Å². The molecule has 0 N–H and O–H groups in total. The van der Waals surface area contributed by atoms with E-state index in [4.69, 9.17) is 0 Å². The van der Waals surface area contributed by atoms with E-state index in [1.165, 1.54) is 22.2 Å². The van der Waals surface area contributed by atoms with Gasteiger partial charge in [-0.25, -0.2) is 9.97 Å². The Balaban J connectivity index is 1.61. The van der Waals surface area contributed by atoms with Gasteiger partial charge in [-0.15, -0.1) is 11.3 Å².